The van der Waals surface area contributed by atoms with Crippen molar-refractivity contribution < 1.29 is 4.79 Å². The van der Waals surface area contributed by atoms with Crippen LogP contribution in [0.15, 0.2) is 54.7 Å². The van der Waals surface area contributed by atoms with Gasteiger partial charge in [0.05, 0.1) is 0 Å². The zero-order valence-corrected chi connectivity index (χ0v) is 14.6. The van der Waals surface area contributed by atoms with Crippen LogP contribution in [-0.2, 0) is 13.0 Å². The second-order valence-electron chi connectivity index (χ2n) is 6.61. The van der Waals surface area contributed by atoms with E-state index in [1.807, 2.05) is 24.3 Å². The molecule has 0 saturated carbocycles. The van der Waals surface area contributed by atoms with Gasteiger partial charge in [-0.05, 0) is 44.6 Å². The summed E-state index contributed by atoms with van der Waals surface area (Å²) in [5, 5.41) is 1.33. The van der Waals surface area contributed by atoms with Gasteiger partial charge < -0.3 is 9.47 Å². The fraction of sp³-hybridized carbons (Fsp3) is 0.286. The Balaban J connectivity index is 1.90. The first-order valence-corrected chi connectivity index (χ1v) is 8.36. The van der Waals surface area contributed by atoms with Gasteiger partial charge in [-0.1, -0.05) is 42.5 Å². The summed E-state index contributed by atoms with van der Waals surface area (Å²) >= 11 is 0. The van der Waals surface area contributed by atoms with Crippen molar-refractivity contribution in [1.29, 1.82) is 0 Å². The van der Waals surface area contributed by atoms with Crippen LogP contribution < -0.4 is 0 Å². The van der Waals surface area contributed by atoms with Crippen LogP contribution in [0, 0.1) is 0 Å². The molecule has 0 aliphatic heterocycles. The van der Waals surface area contributed by atoms with Crippen LogP contribution in [0.5, 0.6) is 0 Å². The van der Waals surface area contributed by atoms with E-state index in [1.165, 1.54) is 22.0 Å². The number of rotatable bonds is 6. The third-order valence-electron chi connectivity index (χ3n) is 4.41. The van der Waals surface area contributed by atoms with Gasteiger partial charge in [0.2, 0.25) is 0 Å². The average molecular weight is 320 g/mol. The van der Waals surface area contributed by atoms with Crippen LogP contribution >= 0.6 is 0 Å². The number of hydrogen-bond donors (Lipinski definition) is 0. The highest BCUT2D eigenvalue weighted by atomic mass is 16.1. The van der Waals surface area contributed by atoms with E-state index in [-0.39, 0.29) is 5.78 Å². The summed E-state index contributed by atoms with van der Waals surface area (Å²) in [5.74, 6) is 0.110. The predicted molar refractivity (Wildman–Crippen MR) is 99.7 cm³/mol. The van der Waals surface area contributed by atoms with E-state index in [1.54, 1.807) is 6.92 Å². The van der Waals surface area contributed by atoms with Gasteiger partial charge in [-0.15, -0.1) is 0 Å². The molecule has 0 atom stereocenters. The Hall–Kier alpha value is -2.39. The molecule has 0 unspecified atom stereocenters. The Labute approximate surface area is 143 Å². The highest BCUT2D eigenvalue weighted by Gasteiger charge is 2.09. The Morgan fingerprint density at radius 1 is 1.04 bits per heavy atom. The van der Waals surface area contributed by atoms with Crippen molar-refractivity contribution in [2.75, 3.05) is 20.6 Å². The number of ketones is 1. The molecule has 2 aromatic carbocycles. The highest BCUT2D eigenvalue weighted by molar-refractivity contribution is 5.94. The lowest BCUT2D eigenvalue weighted by molar-refractivity contribution is 0.101. The predicted octanol–water partition coefficient (Wildman–Crippen LogP) is 4.00. The molecule has 0 amide bonds. The second kappa shape index (κ2) is 7.02. The summed E-state index contributed by atoms with van der Waals surface area (Å²) in [4.78, 5) is 13.6. The number of nitrogens with zero attached hydrogens (tertiary/aromatic N) is 2. The van der Waals surface area contributed by atoms with E-state index >= 15 is 0 Å². The molecule has 0 spiro atoms. The van der Waals surface area contributed by atoms with Crippen molar-refractivity contribution in [2.45, 2.75) is 19.9 Å². The summed E-state index contributed by atoms with van der Waals surface area (Å²) in [6, 6.07) is 16.5. The Morgan fingerprint density at radius 3 is 2.42 bits per heavy atom. The van der Waals surface area contributed by atoms with Crippen LogP contribution in [0.2, 0.25) is 0 Å². The van der Waals surface area contributed by atoms with Crippen molar-refractivity contribution in [2.24, 2.45) is 0 Å². The van der Waals surface area contributed by atoms with Crippen molar-refractivity contribution >= 4 is 16.7 Å². The zero-order valence-electron chi connectivity index (χ0n) is 14.6. The Morgan fingerprint density at radius 2 is 1.75 bits per heavy atom. The molecule has 0 aliphatic rings. The molecule has 3 nitrogen and oxygen atoms in total. The molecule has 0 fully saturated rings. The van der Waals surface area contributed by atoms with E-state index in [2.05, 4.69) is 54.0 Å². The smallest absolute Gasteiger partial charge is 0.159 e. The molecule has 3 rings (SSSR count). The maximum Gasteiger partial charge on any atom is 0.159 e. The number of fused-ring (bicyclic) bond motifs is 1. The Kier molecular flexibility index (Phi) is 4.81. The van der Waals surface area contributed by atoms with Crippen molar-refractivity contribution in [1.82, 2.24) is 9.47 Å². The molecular formula is C21H24N2O. The van der Waals surface area contributed by atoms with E-state index in [4.69, 9.17) is 0 Å². The van der Waals surface area contributed by atoms with Crippen LogP contribution in [-0.4, -0.2) is 35.9 Å². The SMILES string of the molecule is CC(=O)c1ccc(Cn2cc(CCN(C)C)c3ccccc32)cc1. The highest BCUT2D eigenvalue weighted by Crippen LogP contribution is 2.23. The molecule has 0 saturated heterocycles. The molecule has 24 heavy (non-hydrogen) atoms. The van der Waals surface area contributed by atoms with Gasteiger partial charge in [0.25, 0.3) is 0 Å². The minimum absolute atomic E-state index is 0.110. The lowest BCUT2D eigenvalue weighted by Crippen LogP contribution is -2.14. The van der Waals surface area contributed by atoms with Crippen LogP contribution in [0.4, 0.5) is 0 Å². The number of carbonyl (C=O) groups excluding carboxylic acids is 1. The number of aromatic nitrogens is 1. The average Bonchev–Trinajstić information content (AvgIpc) is 2.91. The van der Waals surface area contributed by atoms with Gasteiger partial charge in [0.1, 0.15) is 0 Å². The molecule has 0 bridgehead atoms. The lowest BCUT2D eigenvalue weighted by atomic mass is 10.1. The maximum atomic E-state index is 11.4. The largest absolute Gasteiger partial charge is 0.343 e. The van der Waals surface area contributed by atoms with Gasteiger partial charge in [-0.2, -0.15) is 0 Å². The first-order chi connectivity index (χ1) is 11.5. The van der Waals surface area contributed by atoms with Crippen molar-refractivity contribution in [3.05, 3.63) is 71.4 Å². The molecule has 3 aromatic rings. The van der Waals surface area contributed by atoms with Gasteiger partial charge in [-0.3, -0.25) is 4.79 Å². The molecule has 1 heterocycles. The molecule has 0 radical (unpaired) electrons. The van der Waals surface area contributed by atoms with Gasteiger partial charge in [0, 0.05) is 35.8 Å². The number of benzene rings is 2. The molecule has 0 N–H and O–H groups in total. The first kappa shape index (κ1) is 16.5. The molecule has 1 aromatic heterocycles. The molecular weight excluding hydrogens is 296 g/mol. The third-order valence-corrected chi connectivity index (χ3v) is 4.41. The summed E-state index contributed by atoms with van der Waals surface area (Å²) in [5.41, 5.74) is 4.63. The van der Waals surface area contributed by atoms with E-state index in [0.717, 1.165) is 25.1 Å². The van der Waals surface area contributed by atoms with Gasteiger partial charge >= 0.3 is 0 Å². The topological polar surface area (TPSA) is 25.2 Å². The fourth-order valence-corrected chi connectivity index (χ4v) is 3.04. The quantitative estimate of drug-likeness (QED) is 0.642. The summed E-state index contributed by atoms with van der Waals surface area (Å²) in [6.45, 7) is 3.47. The number of carbonyl (C=O) groups is 1. The third kappa shape index (κ3) is 3.57. The first-order valence-electron chi connectivity index (χ1n) is 8.36. The van der Waals surface area contributed by atoms with Crippen molar-refractivity contribution in [3.8, 4) is 0 Å². The Bertz CT molecular complexity index is 844. The number of para-hydroxylation sites is 1. The molecule has 0 aliphatic carbocycles. The van der Waals surface area contributed by atoms with Crippen LogP contribution in [0.3, 0.4) is 0 Å². The number of Topliss-reactive ketones (excluding diaryl/α,β-unsaturated/α-hetero) is 1. The standard InChI is InChI=1S/C21H24N2O/c1-16(24)18-10-8-17(9-11-18)14-23-15-19(12-13-22(2)3)20-6-4-5-7-21(20)23/h4-11,15H,12-14H2,1-3H3. The van der Waals surface area contributed by atoms with E-state index in [9.17, 15) is 4.79 Å². The lowest BCUT2D eigenvalue weighted by Gasteiger charge is -2.08. The van der Waals surface area contributed by atoms with E-state index in [0.29, 0.717) is 0 Å². The summed E-state index contributed by atoms with van der Waals surface area (Å²) < 4.78 is 2.31. The van der Waals surface area contributed by atoms with Gasteiger partial charge in [0.15, 0.2) is 5.78 Å². The fourth-order valence-electron chi connectivity index (χ4n) is 3.04. The number of likely N-dealkylation sites (N-methyl/N-ethyl adjacent to an activating group) is 1. The van der Waals surface area contributed by atoms with Crippen LogP contribution in [0.25, 0.3) is 10.9 Å². The minimum Gasteiger partial charge on any atom is -0.343 e. The molecule has 3 heteroatoms. The maximum absolute atomic E-state index is 11.4. The summed E-state index contributed by atoms with van der Waals surface area (Å²) in [6.07, 6.45) is 3.32. The summed E-state index contributed by atoms with van der Waals surface area (Å²) in [7, 11) is 4.21. The van der Waals surface area contributed by atoms with Gasteiger partial charge in [-0.25, -0.2) is 0 Å². The van der Waals surface area contributed by atoms with Crippen molar-refractivity contribution in [3.63, 3.8) is 0 Å². The van der Waals surface area contributed by atoms with E-state index < -0.39 is 0 Å². The monoisotopic (exact) mass is 320 g/mol. The minimum atomic E-state index is 0.110. The normalized spacial score (nSPS) is 11.3. The second-order valence-corrected chi connectivity index (χ2v) is 6.61. The number of hydrogen-bond acceptors (Lipinski definition) is 2. The zero-order chi connectivity index (χ0) is 17.1. The molecule has 124 valence electrons. The van der Waals surface area contributed by atoms with Crippen LogP contribution in [0.1, 0.15) is 28.4 Å².